The van der Waals surface area contributed by atoms with Crippen LogP contribution < -0.4 is 10.6 Å². The average Bonchev–Trinajstić information content (AvgIpc) is 3.02. The number of likely N-dealkylation sites (N-methyl/N-ethyl adjacent to an activating group) is 1. The zero-order valence-corrected chi connectivity index (χ0v) is 19.8. The van der Waals surface area contributed by atoms with E-state index in [-0.39, 0.29) is 25.3 Å². The van der Waals surface area contributed by atoms with Gasteiger partial charge in [-0.05, 0) is 26.5 Å². The molecule has 1 aliphatic rings. The molecule has 0 atom stereocenters. The van der Waals surface area contributed by atoms with Crippen LogP contribution in [0.1, 0.15) is 40.5 Å². The molecule has 1 heterocycles. The Balaban J connectivity index is 0. The van der Waals surface area contributed by atoms with E-state index in [1.165, 1.54) is 29.7 Å². The Morgan fingerprint density at radius 1 is 1.26 bits per heavy atom. The predicted molar refractivity (Wildman–Crippen MR) is 125 cm³/mol. The van der Waals surface area contributed by atoms with Crippen LogP contribution in [0.3, 0.4) is 0 Å². The molecule has 0 aliphatic carbocycles. The molecule has 0 saturated heterocycles. The maximum atomic E-state index is 13.0. The van der Waals surface area contributed by atoms with Crippen molar-refractivity contribution in [3.05, 3.63) is 48.9 Å². The second-order valence-electron chi connectivity index (χ2n) is 6.01. The standard InChI is InChI=1S/C15H20F3N5O.C5H7F3.C2H6/c1-3-19-11-22-14(24)23(4-2)10-9-21-13-12(15(16,17)18)7-5-6-8-20-13;1-2-3-4-5(6,7)8;1-2/h3,6-8,11H,1,4-5,9-10H2,2H3,(H,20,21)(H,19,22,24);2-3H,4H2,1H3;1-2H3/b;3-2-;. The van der Waals surface area contributed by atoms with E-state index >= 15 is 0 Å². The molecule has 0 aromatic carbocycles. The molecule has 6 nitrogen and oxygen atoms in total. The molecule has 0 radical (unpaired) electrons. The van der Waals surface area contributed by atoms with Crippen LogP contribution in [0, 0.1) is 0 Å². The maximum absolute atomic E-state index is 13.0. The van der Waals surface area contributed by atoms with Crippen molar-refractivity contribution in [2.45, 2.75) is 52.9 Å². The quantitative estimate of drug-likeness (QED) is 0.192. The highest BCUT2D eigenvalue weighted by molar-refractivity contribution is 6.00. The van der Waals surface area contributed by atoms with Gasteiger partial charge in [-0.2, -0.15) is 26.3 Å². The van der Waals surface area contributed by atoms with Gasteiger partial charge >= 0.3 is 18.4 Å². The number of allylic oxidation sites excluding steroid dienone is 4. The molecular weight excluding hydrogens is 464 g/mol. The summed E-state index contributed by atoms with van der Waals surface area (Å²) in [5.41, 5.74) is -0.807. The number of rotatable bonds is 7. The number of amidine groups is 1. The van der Waals surface area contributed by atoms with Crippen molar-refractivity contribution in [1.82, 2.24) is 15.5 Å². The van der Waals surface area contributed by atoms with Crippen LogP contribution in [0.2, 0.25) is 0 Å². The number of carbonyl (C=O) groups is 1. The molecule has 0 aromatic rings. The van der Waals surface area contributed by atoms with Gasteiger partial charge in [0.25, 0.3) is 0 Å². The SMILES string of the molecule is C/C=C\CC(F)(F)F.C=CN=CNC(=O)N(CC)CCN=C1NC=CCC=C1C(F)(F)F.CC. The number of alkyl halides is 6. The lowest BCUT2D eigenvalue weighted by Crippen LogP contribution is -2.40. The summed E-state index contributed by atoms with van der Waals surface area (Å²) in [6.07, 6.45) is -0.184. The first-order valence-corrected chi connectivity index (χ1v) is 10.6. The van der Waals surface area contributed by atoms with Gasteiger partial charge in [0.05, 0.1) is 24.9 Å². The molecule has 0 aromatic heterocycles. The van der Waals surface area contributed by atoms with E-state index in [1.807, 2.05) is 13.8 Å². The Kier molecular flexibility index (Phi) is 17.9. The second-order valence-corrected chi connectivity index (χ2v) is 6.01. The number of halogens is 6. The fraction of sp³-hybridized carbons (Fsp3) is 0.500. The van der Waals surface area contributed by atoms with Crippen LogP contribution in [-0.4, -0.2) is 55.1 Å². The second kappa shape index (κ2) is 18.4. The van der Waals surface area contributed by atoms with Crippen molar-refractivity contribution in [2.75, 3.05) is 19.6 Å². The largest absolute Gasteiger partial charge is 0.419 e. The van der Waals surface area contributed by atoms with Gasteiger partial charge < -0.3 is 10.2 Å². The number of nitrogens with zero attached hydrogens (tertiary/aromatic N) is 3. The van der Waals surface area contributed by atoms with Crippen LogP contribution in [0.4, 0.5) is 31.1 Å². The van der Waals surface area contributed by atoms with E-state index in [0.717, 1.165) is 12.2 Å². The normalized spacial score (nSPS) is 14.9. The zero-order valence-electron chi connectivity index (χ0n) is 19.8. The zero-order chi connectivity index (χ0) is 26.6. The Morgan fingerprint density at radius 3 is 2.38 bits per heavy atom. The van der Waals surface area contributed by atoms with Crippen LogP contribution in [0.5, 0.6) is 0 Å². The molecule has 1 rings (SSSR count). The Hall–Kier alpha value is -3.05. The minimum atomic E-state index is -4.49. The molecule has 34 heavy (non-hydrogen) atoms. The third-order valence-electron chi connectivity index (χ3n) is 3.62. The number of amides is 2. The van der Waals surface area contributed by atoms with Gasteiger partial charge in [0.15, 0.2) is 0 Å². The summed E-state index contributed by atoms with van der Waals surface area (Å²) in [5.74, 6) is -0.249. The van der Waals surface area contributed by atoms with Gasteiger partial charge in [-0.1, -0.05) is 44.7 Å². The topological polar surface area (TPSA) is 69.1 Å². The molecule has 2 amide bonds. The van der Waals surface area contributed by atoms with Gasteiger partial charge in [-0.3, -0.25) is 10.3 Å². The number of hydrogen-bond donors (Lipinski definition) is 2. The van der Waals surface area contributed by atoms with Crippen LogP contribution in [0.25, 0.3) is 0 Å². The molecule has 194 valence electrons. The first-order chi connectivity index (χ1) is 16.0. The summed E-state index contributed by atoms with van der Waals surface area (Å²) in [6.45, 7) is 11.3. The van der Waals surface area contributed by atoms with E-state index in [4.69, 9.17) is 0 Å². The highest BCUT2D eigenvalue weighted by Gasteiger charge is 2.37. The summed E-state index contributed by atoms with van der Waals surface area (Å²) >= 11 is 0. The number of aliphatic imine (C=N–C) groups is 2. The Morgan fingerprint density at radius 2 is 1.91 bits per heavy atom. The minimum Gasteiger partial charge on any atom is -0.347 e. The van der Waals surface area contributed by atoms with Crippen LogP contribution in [-0.2, 0) is 0 Å². The van der Waals surface area contributed by atoms with Crippen molar-refractivity contribution >= 4 is 18.2 Å². The Labute approximate surface area is 196 Å². The van der Waals surface area contributed by atoms with Gasteiger partial charge in [-0.25, -0.2) is 9.79 Å². The molecule has 0 bridgehead atoms. The predicted octanol–water partition coefficient (Wildman–Crippen LogP) is 6.13. The third kappa shape index (κ3) is 16.6. The molecule has 0 saturated carbocycles. The highest BCUT2D eigenvalue weighted by atomic mass is 19.4. The molecular formula is C22H33F6N5O. The first-order valence-electron chi connectivity index (χ1n) is 10.6. The molecule has 0 fully saturated rings. The first kappa shape index (κ1) is 33.1. The summed E-state index contributed by atoms with van der Waals surface area (Å²) in [7, 11) is 0. The average molecular weight is 498 g/mol. The molecule has 2 N–H and O–H groups in total. The van der Waals surface area contributed by atoms with E-state index < -0.39 is 30.4 Å². The smallest absolute Gasteiger partial charge is 0.347 e. The van der Waals surface area contributed by atoms with Crippen LogP contribution >= 0.6 is 0 Å². The van der Waals surface area contributed by atoms with E-state index in [9.17, 15) is 31.1 Å². The third-order valence-corrected chi connectivity index (χ3v) is 3.62. The van der Waals surface area contributed by atoms with Gasteiger partial charge in [0, 0.05) is 19.3 Å². The molecule has 12 heteroatoms. The summed E-state index contributed by atoms with van der Waals surface area (Å²) in [4.78, 5) is 20.8. The van der Waals surface area contributed by atoms with Crippen molar-refractivity contribution < 1.29 is 31.1 Å². The van der Waals surface area contributed by atoms with Crippen molar-refractivity contribution in [3.63, 3.8) is 0 Å². The highest BCUT2D eigenvalue weighted by Crippen LogP contribution is 2.27. The van der Waals surface area contributed by atoms with Crippen molar-refractivity contribution in [1.29, 1.82) is 0 Å². The summed E-state index contributed by atoms with van der Waals surface area (Å²) in [6, 6.07) is -0.413. The van der Waals surface area contributed by atoms with Gasteiger partial charge in [-0.15, -0.1) is 0 Å². The summed E-state index contributed by atoms with van der Waals surface area (Å²) in [5, 5.41) is 4.95. The molecule has 0 unspecified atom stereocenters. The minimum absolute atomic E-state index is 0.0312. The van der Waals surface area contributed by atoms with Crippen molar-refractivity contribution in [2.24, 2.45) is 9.98 Å². The summed E-state index contributed by atoms with van der Waals surface area (Å²) < 4.78 is 72.6. The number of carbonyl (C=O) groups excluding carboxylic acids is 1. The van der Waals surface area contributed by atoms with E-state index in [1.54, 1.807) is 19.9 Å². The number of urea groups is 1. The van der Waals surface area contributed by atoms with E-state index in [0.29, 0.717) is 6.54 Å². The number of hydrogen-bond acceptors (Lipinski definition) is 3. The van der Waals surface area contributed by atoms with Gasteiger partial charge in [0.1, 0.15) is 5.84 Å². The lowest BCUT2D eigenvalue weighted by atomic mass is 10.2. The monoisotopic (exact) mass is 497 g/mol. The van der Waals surface area contributed by atoms with Gasteiger partial charge in [0.2, 0.25) is 0 Å². The lowest BCUT2D eigenvalue weighted by molar-refractivity contribution is -0.125. The number of nitrogens with one attached hydrogen (secondary N) is 2. The lowest BCUT2D eigenvalue weighted by Gasteiger charge is -2.19. The van der Waals surface area contributed by atoms with Crippen LogP contribution in [0.15, 0.2) is 58.8 Å². The fourth-order valence-electron chi connectivity index (χ4n) is 2.12. The Bertz CT molecular complexity index is 737. The molecule has 0 spiro atoms. The van der Waals surface area contributed by atoms with E-state index in [2.05, 4.69) is 27.2 Å². The maximum Gasteiger partial charge on any atom is 0.419 e. The molecule has 1 aliphatic heterocycles. The van der Waals surface area contributed by atoms with Crippen molar-refractivity contribution in [3.8, 4) is 0 Å². The fourth-order valence-corrected chi connectivity index (χ4v) is 2.12.